The monoisotopic (exact) mass is 291 g/mol. The van der Waals surface area contributed by atoms with Crippen LogP contribution in [-0.4, -0.2) is 9.55 Å². The first-order chi connectivity index (χ1) is 10.7. The molecule has 0 aliphatic rings. The van der Waals surface area contributed by atoms with Crippen molar-refractivity contribution in [2.75, 3.05) is 0 Å². The number of imidazole rings is 1. The largest absolute Gasteiger partial charge is 0.330 e. The van der Waals surface area contributed by atoms with Crippen LogP contribution in [0.15, 0.2) is 60.9 Å². The van der Waals surface area contributed by atoms with E-state index < -0.39 is 0 Å². The van der Waals surface area contributed by atoms with Crippen molar-refractivity contribution in [1.82, 2.24) is 9.55 Å². The number of rotatable bonds is 4. The Bertz CT molecular complexity index is 796. The minimum absolute atomic E-state index is 0.232. The molecule has 0 bridgehead atoms. The summed E-state index contributed by atoms with van der Waals surface area (Å²) in [6, 6.07) is 16.1. The van der Waals surface area contributed by atoms with E-state index in [4.69, 9.17) is 5.26 Å². The van der Waals surface area contributed by atoms with Crippen LogP contribution >= 0.6 is 0 Å². The lowest BCUT2D eigenvalue weighted by molar-refractivity contribution is 0.627. The molecule has 0 radical (unpaired) electrons. The second-order valence-electron chi connectivity index (χ2n) is 5.08. The fraction of sp³-hybridized carbons (Fsp3) is 0.111. The molecular formula is C18H14FN3. The minimum atomic E-state index is -0.232. The minimum Gasteiger partial charge on any atom is -0.330 e. The van der Waals surface area contributed by atoms with Gasteiger partial charge in [-0.15, -0.1) is 0 Å². The fourth-order valence-electron chi connectivity index (χ4n) is 2.32. The van der Waals surface area contributed by atoms with Gasteiger partial charge in [-0.05, 0) is 35.4 Å². The first-order valence-corrected chi connectivity index (χ1v) is 6.98. The Morgan fingerprint density at radius 2 is 1.68 bits per heavy atom. The van der Waals surface area contributed by atoms with Gasteiger partial charge in [0, 0.05) is 25.4 Å². The molecule has 4 heteroatoms. The molecule has 0 unspecified atom stereocenters. The molecule has 2 aromatic carbocycles. The van der Waals surface area contributed by atoms with Crippen LogP contribution in [0, 0.1) is 17.1 Å². The molecule has 0 N–H and O–H groups in total. The van der Waals surface area contributed by atoms with Gasteiger partial charge in [0.05, 0.1) is 11.6 Å². The number of nitriles is 1. The first-order valence-electron chi connectivity index (χ1n) is 6.98. The van der Waals surface area contributed by atoms with E-state index in [1.165, 1.54) is 12.1 Å². The Morgan fingerprint density at radius 3 is 2.36 bits per heavy atom. The molecule has 22 heavy (non-hydrogen) atoms. The van der Waals surface area contributed by atoms with E-state index in [1.54, 1.807) is 18.3 Å². The average molecular weight is 291 g/mol. The number of hydrogen-bond donors (Lipinski definition) is 0. The molecule has 0 saturated heterocycles. The predicted octanol–water partition coefficient (Wildman–Crippen LogP) is 3.53. The highest BCUT2D eigenvalue weighted by atomic mass is 19.1. The maximum absolute atomic E-state index is 13.0. The normalized spacial score (nSPS) is 10.4. The molecular weight excluding hydrogens is 277 g/mol. The molecule has 1 heterocycles. The van der Waals surface area contributed by atoms with Crippen molar-refractivity contribution in [2.45, 2.75) is 13.0 Å². The highest BCUT2D eigenvalue weighted by Crippen LogP contribution is 2.12. The SMILES string of the molecule is N#Cc1ccc(Cn2ccnc2Cc2ccc(F)cc2)cc1. The average Bonchev–Trinajstić information content (AvgIpc) is 2.97. The molecule has 1 aromatic heterocycles. The second-order valence-corrected chi connectivity index (χ2v) is 5.08. The summed E-state index contributed by atoms with van der Waals surface area (Å²) >= 11 is 0. The number of aromatic nitrogens is 2. The third-order valence-electron chi connectivity index (χ3n) is 3.51. The Kier molecular flexibility index (Phi) is 3.97. The Balaban J connectivity index is 1.76. The van der Waals surface area contributed by atoms with Crippen LogP contribution in [0.2, 0.25) is 0 Å². The van der Waals surface area contributed by atoms with Crippen molar-refractivity contribution < 1.29 is 4.39 Å². The van der Waals surface area contributed by atoms with E-state index in [2.05, 4.69) is 15.6 Å². The maximum atomic E-state index is 13.0. The first kappa shape index (κ1) is 14.0. The van der Waals surface area contributed by atoms with Gasteiger partial charge in [0.15, 0.2) is 0 Å². The van der Waals surface area contributed by atoms with Gasteiger partial charge >= 0.3 is 0 Å². The van der Waals surface area contributed by atoms with Gasteiger partial charge in [-0.3, -0.25) is 0 Å². The Hall–Kier alpha value is -2.93. The van der Waals surface area contributed by atoms with Crippen molar-refractivity contribution in [2.24, 2.45) is 0 Å². The van der Waals surface area contributed by atoms with Gasteiger partial charge in [0.2, 0.25) is 0 Å². The van der Waals surface area contributed by atoms with E-state index in [9.17, 15) is 4.39 Å². The second kappa shape index (κ2) is 6.23. The highest BCUT2D eigenvalue weighted by molar-refractivity contribution is 5.32. The lowest BCUT2D eigenvalue weighted by Gasteiger charge is -2.08. The van der Waals surface area contributed by atoms with Crippen LogP contribution in [0.25, 0.3) is 0 Å². The molecule has 3 rings (SSSR count). The summed E-state index contributed by atoms with van der Waals surface area (Å²) < 4.78 is 15.0. The van der Waals surface area contributed by atoms with Crippen molar-refractivity contribution in [3.63, 3.8) is 0 Å². The number of halogens is 1. The van der Waals surface area contributed by atoms with Gasteiger partial charge in [-0.2, -0.15) is 5.26 Å². The van der Waals surface area contributed by atoms with Crippen molar-refractivity contribution in [3.05, 3.63) is 89.3 Å². The fourth-order valence-corrected chi connectivity index (χ4v) is 2.32. The molecule has 3 nitrogen and oxygen atoms in total. The zero-order chi connectivity index (χ0) is 15.4. The third kappa shape index (κ3) is 3.21. The molecule has 0 spiro atoms. The molecule has 3 aromatic rings. The molecule has 0 fully saturated rings. The Morgan fingerprint density at radius 1 is 1.00 bits per heavy atom. The molecule has 0 amide bonds. The van der Waals surface area contributed by atoms with E-state index in [-0.39, 0.29) is 5.82 Å². The number of nitrogens with zero attached hydrogens (tertiary/aromatic N) is 3. The summed E-state index contributed by atoms with van der Waals surface area (Å²) in [5, 5.41) is 8.82. The standard InChI is InChI=1S/C18H14FN3/c19-17-7-5-14(6-8-17)11-18-21-9-10-22(18)13-16-3-1-15(12-20)2-4-16/h1-10H,11,13H2. The van der Waals surface area contributed by atoms with Gasteiger partial charge in [-0.1, -0.05) is 24.3 Å². The molecule has 0 aliphatic heterocycles. The summed E-state index contributed by atoms with van der Waals surface area (Å²) in [6.07, 6.45) is 4.35. The lowest BCUT2D eigenvalue weighted by Crippen LogP contribution is -2.05. The van der Waals surface area contributed by atoms with Crippen LogP contribution in [0.5, 0.6) is 0 Å². The highest BCUT2D eigenvalue weighted by Gasteiger charge is 2.05. The summed E-state index contributed by atoms with van der Waals surface area (Å²) in [5.74, 6) is 0.695. The van der Waals surface area contributed by atoms with Crippen LogP contribution in [-0.2, 0) is 13.0 Å². The predicted molar refractivity (Wildman–Crippen MR) is 81.7 cm³/mol. The molecule has 108 valence electrons. The third-order valence-corrected chi connectivity index (χ3v) is 3.51. The summed E-state index contributed by atoms with van der Waals surface area (Å²) in [4.78, 5) is 4.38. The van der Waals surface area contributed by atoms with Crippen molar-refractivity contribution in [1.29, 1.82) is 5.26 Å². The van der Waals surface area contributed by atoms with Gasteiger partial charge in [-0.25, -0.2) is 9.37 Å². The van der Waals surface area contributed by atoms with Gasteiger partial charge in [0.1, 0.15) is 11.6 Å². The summed E-state index contributed by atoms with van der Waals surface area (Å²) in [5.41, 5.74) is 2.78. The molecule has 0 atom stereocenters. The maximum Gasteiger partial charge on any atom is 0.123 e. The molecule has 0 aliphatic carbocycles. The number of hydrogen-bond acceptors (Lipinski definition) is 2. The van der Waals surface area contributed by atoms with Crippen LogP contribution in [0.1, 0.15) is 22.5 Å². The lowest BCUT2D eigenvalue weighted by atomic mass is 10.1. The van der Waals surface area contributed by atoms with Crippen molar-refractivity contribution >= 4 is 0 Å². The zero-order valence-corrected chi connectivity index (χ0v) is 11.9. The topological polar surface area (TPSA) is 41.6 Å². The van der Waals surface area contributed by atoms with Gasteiger partial charge in [0.25, 0.3) is 0 Å². The quantitative estimate of drug-likeness (QED) is 0.738. The van der Waals surface area contributed by atoms with Crippen LogP contribution in [0.4, 0.5) is 4.39 Å². The van der Waals surface area contributed by atoms with E-state index in [0.29, 0.717) is 18.5 Å². The van der Waals surface area contributed by atoms with E-state index >= 15 is 0 Å². The number of benzene rings is 2. The summed E-state index contributed by atoms with van der Waals surface area (Å²) in [6.45, 7) is 0.697. The molecule has 0 saturated carbocycles. The van der Waals surface area contributed by atoms with Gasteiger partial charge < -0.3 is 4.57 Å². The van der Waals surface area contributed by atoms with Crippen LogP contribution < -0.4 is 0 Å². The van der Waals surface area contributed by atoms with Crippen molar-refractivity contribution in [3.8, 4) is 6.07 Å². The Labute approximate surface area is 128 Å². The van der Waals surface area contributed by atoms with E-state index in [0.717, 1.165) is 17.0 Å². The van der Waals surface area contributed by atoms with E-state index in [1.807, 2.05) is 30.5 Å². The smallest absolute Gasteiger partial charge is 0.123 e. The van der Waals surface area contributed by atoms with Crippen LogP contribution in [0.3, 0.4) is 0 Å². The summed E-state index contributed by atoms with van der Waals surface area (Å²) in [7, 11) is 0. The zero-order valence-electron chi connectivity index (χ0n) is 11.9.